The first-order chi connectivity index (χ1) is 26.9. The number of aliphatic hydroxyl groups is 1. The van der Waals surface area contributed by atoms with E-state index in [2.05, 4.69) is 20.0 Å². The molecule has 2 amide bonds. The molecule has 1 aliphatic heterocycles. The van der Waals surface area contributed by atoms with Crippen molar-refractivity contribution in [2.45, 2.75) is 63.6 Å². The average molecular weight is 821 g/mol. The Morgan fingerprint density at radius 3 is 2.36 bits per heavy atom. The number of aromatic nitrogens is 6. The van der Waals surface area contributed by atoms with E-state index in [9.17, 15) is 14.3 Å². The van der Waals surface area contributed by atoms with Crippen LogP contribution in [0.25, 0.3) is 0 Å². The van der Waals surface area contributed by atoms with Crippen LogP contribution in [0.15, 0.2) is 97.3 Å². The lowest BCUT2D eigenvalue weighted by atomic mass is 9.82. The van der Waals surface area contributed by atoms with Crippen molar-refractivity contribution in [1.82, 2.24) is 44.0 Å². The van der Waals surface area contributed by atoms with Gasteiger partial charge < -0.3 is 19.5 Å². The summed E-state index contributed by atoms with van der Waals surface area (Å²) in [6, 6.07) is 18.1. The van der Waals surface area contributed by atoms with Crippen LogP contribution < -0.4 is 0 Å². The lowest BCUT2D eigenvalue weighted by molar-refractivity contribution is -0.0113. The maximum atomic E-state index is 15.3. The second-order valence-corrected chi connectivity index (χ2v) is 16.0. The van der Waals surface area contributed by atoms with Gasteiger partial charge in [0.15, 0.2) is 0 Å². The maximum Gasteiger partial charge on any atom is 0.320 e. The molecular formula is C40H41Cl2F2N9O2S. The van der Waals surface area contributed by atoms with E-state index in [0.717, 1.165) is 41.1 Å². The van der Waals surface area contributed by atoms with E-state index < -0.39 is 23.2 Å². The minimum atomic E-state index is -1.83. The smallest absolute Gasteiger partial charge is 0.320 e. The number of urea groups is 1. The van der Waals surface area contributed by atoms with Crippen LogP contribution in [0, 0.1) is 11.6 Å². The molecule has 1 fully saturated rings. The zero-order valence-electron chi connectivity index (χ0n) is 30.8. The molecule has 0 spiro atoms. The number of amides is 2. The van der Waals surface area contributed by atoms with Crippen molar-refractivity contribution in [2.24, 2.45) is 7.05 Å². The Labute approximate surface area is 337 Å². The largest absolute Gasteiger partial charge is 0.382 e. The van der Waals surface area contributed by atoms with Gasteiger partial charge in [0.05, 0.1) is 29.3 Å². The summed E-state index contributed by atoms with van der Waals surface area (Å²) in [5.74, 6) is -2.31. The summed E-state index contributed by atoms with van der Waals surface area (Å²) in [4.78, 5) is 33.6. The highest BCUT2D eigenvalue weighted by atomic mass is 35.5. The quantitative estimate of drug-likeness (QED) is 0.120. The summed E-state index contributed by atoms with van der Waals surface area (Å²) in [7, 11) is 1.95. The van der Waals surface area contributed by atoms with Crippen molar-refractivity contribution in [3.8, 4) is 0 Å². The van der Waals surface area contributed by atoms with E-state index in [1.807, 2.05) is 81.5 Å². The van der Waals surface area contributed by atoms with Gasteiger partial charge in [0.25, 0.3) is 0 Å². The SMILES string of the molecule is C[C@@H](c1nc(CN(Cc2cncn2C)[C@H]2CCN(C(=O)N(Cc3cccc(Cl)c3)Cc3cccc(Cl)c3)C2)cs1)[C@](O)(Cn1cncn1)c1ccc(F)cc1F. The molecule has 0 bridgehead atoms. The highest BCUT2D eigenvalue weighted by Crippen LogP contribution is 2.41. The number of halogens is 4. The van der Waals surface area contributed by atoms with Gasteiger partial charge in [-0.1, -0.05) is 60.5 Å². The third-order valence-electron chi connectivity index (χ3n) is 10.3. The monoisotopic (exact) mass is 819 g/mol. The van der Waals surface area contributed by atoms with Crippen molar-refractivity contribution in [3.63, 3.8) is 0 Å². The first-order valence-electron chi connectivity index (χ1n) is 18.1. The molecule has 0 aliphatic carbocycles. The molecule has 11 nitrogen and oxygen atoms in total. The Hall–Kier alpha value is -4.73. The number of thiazole rings is 1. The van der Waals surface area contributed by atoms with Gasteiger partial charge in [-0.05, 0) is 47.9 Å². The minimum Gasteiger partial charge on any atom is -0.382 e. The van der Waals surface area contributed by atoms with Gasteiger partial charge in [-0.25, -0.2) is 33.2 Å². The number of likely N-dealkylation sites (tertiary alicyclic amines) is 1. The maximum absolute atomic E-state index is 15.3. The summed E-state index contributed by atoms with van der Waals surface area (Å²) in [5.41, 5.74) is 1.71. The van der Waals surface area contributed by atoms with E-state index in [1.165, 1.54) is 34.7 Å². The van der Waals surface area contributed by atoms with Crippen LogP contribution >= 0.6 is 34.5 Å². The highest BCUT2D eigenvalue weighted by molar-refractivity contribution is 7.09. The van der Waals surface area contributed by atoms with Gasteiger partial charge in [-0.3, -0.25) is 4.90 Å². The summed E-state index contributed by atoms with van der Waals surface area (Å²) in [6.45, 7) is 4.44. The van der Waals surface area contributed by atoms with E-state index in [0.29, 0.717) is 54.3 Å². The zero-order valence-corrected chi connectivity index (χ0v) is 33.2. The normalized spacial score (nSPS) is 16.0. The molecule has 6 aromatic rings. The summed E-state index contributed by atoms with van der Waals surface area (Å²) < 4.78 is 32.6. The first-order valence-corrected chi connectivity index (χ1v) is 19.8. The molecule has 4 heterocycles. The summed E-state index contributed by atoms with van der Waals surface area (Å²) in [6.07, 6.45) is 7.10. The second-order valence-electron chi connectivity index (χ2n) is 14.2. The topological polar surface area (TPSA) is 108 Å². The lowest BCUT2D eigenvalue weighted by Crippen LogP contribution is -2.43. The molecule has 16 heteroatoms. The van der Waals surface area contributed by atoms with Crippen molar-refractivity contribution >= 4 is 40.6 Å². The number of carbonyl (C=O) groups excluding carboxylic acids is 1. The van der Waals surface area contributed by atoms with Crippen molar-refractivity contribution in [1.29, 1.82) is 0 Å². The number of hydrogen-bond acceptors (Lipinski definition) is 8. The van der Waals surface area contributed by atoms with E-state index in [-0.39, 0.29) is 24.2 Å². The van der Waals surface area contributed by atoms with E-state index in [1.54, 1.807) is 13.3 Å². The van der Waals surface area contributed by atoms with Crippen LogP contribution in [0.5, 0.6) is 0 Å². The van der Waals surface area contributed by atoms with Crippen LogP contribution in [0.4, 0.5) is 13.6 Å². The Morgan fingerprint density at radius 2 is 1.73 bits per heavy atom. The molecule has 292 valence electrons. The number of hydrogen-bond donors (Lipinski definition) is 1. The van der Waals surface area contributed by atoms with Gasteiger partial charge in [-0.15, -0.1) is 11.3 Å². The van der Waals surface area contributed by atoms with Crippen LogP contribution in [0.3, 0.4) is 0 Å². The summed E-state index contributed by atoms with van der Waals surface area (Å²) >= 11 is 14.0. The molecule has 1 saturated heterocycles. The number of imidazole rings is 1. The standard InChI is InChI=1S/C40H41Cl2F2N9O2S/c1-27(40(55,23-53-26-46-24-47-53)36-10-9-32(43)15-37(36)44)38-48-33(22-56-38)19-51(21-35-16-45-25-49(35)2)34-11-12-50(20-34)39(54)52(17-28-5-3-7-30(41)13-28)18-29-6-4-8-31(42)14-29/h3-10,13-16,22,24-27,34,55H,11-12,17-21,23H2,1-2H3/t27-,34-,40+/m0/s1. The van der Waals surface area contributed by atoms with Gasteiger partial charge in [0.1, 0.15) is 29.9 Å². The molecule has 3 aromatic carbocycles. The lowest BCUT2D eigenvalue weighted by Gasteiger charge is -2.34. The molecule has 0 radical (unpaired) electrons. The number of carbonyl (C=O) groups is 1. The predicted octanol–water partition coefficient (Wildman–Crippen LogP) is 7.64. The predicted molar refractivity (Wildman–Crippen MR) is 211 cm³/mol. The third kappa shape index (κ3) is 9.11. The molecule has 3 aromatic heterocycles. The molecule has 3 atom stereocenters. The van der Waals surface area contributed by atoms with Crippen molar-refractivity contribution in [2.75, 3.05) is 13.1 Å². The molecule has 7 rings (SSSR count). The fraction of sp³-hybridized carbons (Fsp3) is 0.325. The Kier molecular flexibility index (Phi) is 12.1. The van der Waals surface area contributed by atoms with Crippen molar-refractivity contribution in [3.05, 3.63) is 152 Å². The van der Waals surface area contributed by atoms with Gasteiger partial charge >= 0.3 is 6.03 Å². The van der Waals surface area contributed by atoms with Gasteiger partial charge in [0, 0.05) is 91.5 Å². The van der Waals surface area contributed by atoms with E-state index in [4.69, 9.17) is 28.2 Å². The number of rotatable bonds is 14. The molecule has 1 aliphatic rings. The Bertz CT molecular complexity index is 2220. The molecule has 56 heavy (non-hydrogen) atoms. The van der Waals surface area contributed by atoms with Crippen LogP contribution in [-0.4, -0.2) is 74.3 Å². The van der Waals surface area contributed by atoms with E-state index >= 15 is 4.39 Å². The number of nitrogens with zero attached hydrogens (tertiary/aromatic N) is 9. The van der Waals surface area contributed by atoms with Gasteiger partial charge in [-0.2, -0.15) is 5.10 Å². The molecule has 1 N–H and O–H groups in total. The van der Waals surface area contributed by atoms with Gasteiger partial charge in [0.2, 0.25) is 0 Å². The Balaban J connectivity index is 1.12. The minimum absolute atomic E-state index is 0.00632. The summed E-state index contributed by atoms with van der Waals surface area (Å²) in [5, 5.41) is 20.1. The average Bonchev–Trinajstić information content (AvgIpc) is 4.00. The molecule has 0 saturated carbocycles. The fourth-order valence-electron chi connectivity index (χ4n) is 7.24. The highest BCUT2D eigenvalue weighted by Gasteiger charge is 2.42. The first kappa shape index (κ1) is 39.5. The Morgan fingerprint density at radius 1 is 1.00 bits per heavy atom. The zero-order chi connectivity index (χ0) is 39.4. The van der Waals surface area contributed by atoms with Crippen LogP contribution in [0.2, 0.25) is 10.0 Å². The molecule has 0 unspecified atom stereocenters. The second kappa shape index (κ2) is 17.2. The third-order valence-corrected chi connectivity index (χ3v) is 11.9. The fourth-order valence-corrected chi connectivity index (χ4v) is 8.62. The van der Waals surface area contributed by atoms with Crippen LogP contribution in [0.1, 0.15) is 52.3 Å². The molecular weight excluding hydrogens is 779 g/mol. The van der Waals surface area contributed by atoms with Crippen LogP contribution in [-0.2, 0) is 45.4 Å². The van der Waals surface area contributed by atoms with Crippen molar-refractivity contribution < 1.29 is 18.7 Å². The number of benzene rings is 3. The number of aryl methyl sites for hydroxylation is 1.